The van der Waals surface area contributed by atoms with E-state index in [1.807, 2.05) is 48.7 Å². The molecule has 0 atom stereocenters. The molecule has 23 heavy (non-hydrogen) atoms. The van der Waals surface area contributed by atoms with Crippen LogP contribution in [0.3, 0.4) is 0 Å². The minimum absolute atomic E-state index is 0.0244. The van der Waals surface area contributed by atoms with Gasteiger partial charge in [-0.25, -0.2) is 4.98 Å². The zero-order valence-electron chi connectivity index (χ0n) is 12.7. The SMILES string of the molecule is O=C(c1ccccc1)c1ccc(OCCCc2cnc[nH]2)cc1. The van der Waals surface area contributed by atoms with Gasteiger partial charge in [0.05, 0.1) is 12.9 Å². The van der Waals surface area contributed by atoms with Crippen LogP contribution in [-0.2, 0) is 6.42 Å². The average molecular weight is 306 g/mol. The van der Waals surface area contributed by atoms with Gasteiger partial charge in [0.25, 0.3) is 0 Å². The monoisotopic (exact) mass is 306 g/mol. The van der Waals surface area contributed by atoms with Crippen molar-refractivity contribution in [2.75, 3.05) is 6.61 Å². The van der Waals surface area contributed by atoms with Crippen molar-refractivity contribution >= 4 is 5.78 Å². The number of nitrogens with one attached hydrogen (secondary N) is 1. The Balaban J connectivity index is 1.52. The molecule has 0 saturated heterocycles. The van der Waals surface area contributed by atoms with Gasteiger partial charge in [0, 0.05) is 23.0 Å². The first-order valence-electron chi connectivity index (χ1n) is 7.63. The summed E-state index contributed by atoms with van der Waals surface area (Å²) in [6.07, 6.45) is 5.32. The molecule has 1 heterocycles. The van der Waals surface area contributed by atoms with Crippen molar-refractivity contribution in [2.45, 2.75) is 12.8 Å². The van der Waals surface area contributed by atoms with Crippen LogP contribution in [0.4, 0.5) is 0 Å². The molecule has 0 spiro atoms. The summed E-state index contributed by atoms with van der Waals surface area (Å²) in [4.78, 5) is 19.3. The van der Waals surface area contributed by atoms with Crippen molar-refractivity contribution in [2.24, 2.45) is 0 Å². The fourth-order valence-electron chi connectivity index (χ4n) is 2.33. The third-order valence-corrected chi connectivity index (χ3v) is 3.57. The zero-order chi connectivity index (χ0) is 15.9. The summed E-state index contributed by atoms with van der Waals surface area (Å²) < 4.78 is 5.70. The van der Waals surface area contributed by atoms with E-state index in [2.05, 4.69) is 9.97 Å². The smallest absolute Gasteiger partial charge is 0.193 e. The highest BCUT2D eigenvalue weighted by Gasteiger charge is 2.08. The van der Waals surface area contributed by atoms with E-state index in [-0.39, 0.29) is 5.78 Å². The Labute approximate surface area is 135 Å². The Morgan fingerprint density at radius 1 is 1.00 bits per heavy atom. The number of aryl methyl sites for hydroxylation is 1. The molecule has 1 aromatic heterocycles. The molecule has 0 unspecified atom stereocenters. The molecular weight excluding hydrogens is 288 g/mol. The Morgan fingerprint density at radius 2 is 1.74 bits per heavy atom. The summed E-state index contributed by atoms with van der Waals surface area (Å²) in [5.41, 5.74) is 2.47. The number of carbonyl (C=O) groups excluding carboxylic acids is 1. The van der Waals surface area contributed by atoms with E-state index >= 15 is 0 Å². The number of imidazole rings is 1. The fraction of sp³-hybridized carbons (Fsp3) is 0.158. The van der Waals surface area contributed by atoms with Crippen LogP contribution in [0.25, 0.3) is 0 Å². The summed E-state index contributed by atoms with van der Waals surface area (Å²) in [5, 5.41) is 0. The van der Waals surface area contributed by atoms with Crippen LogP contribution in [0, 0.1) is 0 Å². The Hall–Kier alpha value is -2.88. The van der Waals surface area contributed by atoms with Crippen LogP contribution in [-0.4, -0.2) is 22.4 Å². The third kappa shape index (κ3) is 4.07. The molecule has 0 saturated carbocycles. The molecule has 0 aliphatic heterocycles. The average Bonchev–Trinajstić information content (AvgIpc) is 3.13. The van der Waals surface area contributed by atoms with Gasteiger partial charge < -0.3 is 9.72 Å². The summed E-state index contributed by atoms with van der Waals surface area (Å²) in [5.74, 6) is 0.801. The minimum atomic E-state index is 0.0244. The van der Waals surface area contributed by atoms with Gasteiger partial charge in [-0.1, -0.05) is 30.3 Å². The Bertz CT molecular complexity index is 735. The number of aromatic nitrogens is 2. The van der Waals surface area contributed by atoms with Crippen molar-refractivity contribution in [3.05, 3.63) is 83.9 Å². The lowest BCUT2D eigenvalue weighted by Gasteiger charge is -2.07. The number of benzene rings is 2. The quantitative estimate of drug-likeness (QED) is 0.535. The maximum absolute atomic E-state index is 12.3. The first kappa shape index (κ1) is 15.0. The summed E-state index contributed by atoms with van der Waals surface area (Å²) in [6, 6.07) is 16.6. The molecule has 2 aromatic carbocycles. The lowest BCUT2D eigenvalue weighted by molar-refractivity contribution is 0.103. The van der Waals surface area contributed by atoms with E-state index in [9.17, 15) is 4.79 Å². The standard InChI is InChI=1S/C19H18N2O2/c22-19(15-5-2-1-3-6-15)16-8-10-18(11-9-16)23-12-4-7-17-13-20-14-21-17/h1-3,5-6,8-11,13-14H,4,7,12H2,(H,20,21). The molecule has 4 heteroatoms. The van der Waals surface area contributed by atoms with Gasteiger partial charge in [0.2, 0.25) is 0 Å². The molecule has 3 rings (SSSR count). The van der Waals surface area contributed by atoms with E-state index < -0.39 is 0 Å². The van der Waals surface area contributed by atoms with Gasteiger partial charge in [0.15, 0.2) is 5.78 Å². The molecule has 1 N–H and O–H groups in total. The molecule has 0 fully saturated rings. The zero-order valence-corrected chi connectivity index (χ0v) is 12.7. The van der Waals surface area contributed by atoms with E-state index in [0.717, 1.165) is 24.3 Å². The topological polar surface area (TPSA) is 55.0 Å². The van der Waals surface area contributed by atoms with Crippen molar-refractivity contribution in [1.29, 1.82) is 0 Å². The van der Waals surface area contributed by atoms with Gasteiger partial charge in [-0.3, -0.25) is 4.79 Å². The molecule has 0 radical (unpaired) electrons. The minimum Gasteiger partial charge on any atom is -0.494 e. The summed E-state index contributed by atoms with van der Waals surface area (Å²) in [7, 11) is 0. The third-order valence-electron chi connectivity index (χ3n) is 3.57. The van der Waals surface area contributed by atoms with Crippen LogP contribution in [0.1, 0.15) is 28.0 Å². The number of aromatic amines is 1. The van der Waals surface area contributed by atoms with Crippen molar-refractivity contribution in [3.63, 3.8) is 0 Å². The van der Waals surface area contributed by atoms with Gasteiger partial charge >= 0.3 is 0 Å². The van der Waals surface area contributed by atoms with Gasteiger partial charge in [-0.2, -0.15) is 0 Å². The lowest BCUT2D eigenvalue weighted by atomic mass is 10.0. The fourth-order valence-corrected chi connectivity index (χ4v) is 2.33. The first-order valence-corrected chi connectivity index (χ1v) is 7.63. The number of nitrogens with zero attached hydrogens (tertiary/aromatic N) is 1. The van der Waals surface area contributed by atoms with E-state index in [0.29, 0.717) is 17.7 Å². The number of rotatable bonds is 7. The maximum atomic E-state index is 12.3. The summed E-state index contributed by atoms with van der Waals surface area (Å²) >= 11 is 0. The van der Waals surface area contributed by atoms with Crippen LogP contribution < -0.4 is 4.74 Å². The number of H-pyrrole nitrogens is 1. The number of hydrogen-bond acceptors (Lipinski definition) is 3. The van der Waals surface area contributed by atoms with Gasteiger partial charge in [-0.05, 0) is 37.1 Å². The van der Waals surface area contributed by atoms with E-state index in [4.69, 9.17) is 4.74 Å². The second kappa shape index (κ2) is 7.40. The van der Waals surface area contributed by atoms with Crippen LogP contribution in [0.2, 0.25) is 0 Å². The lowest BCUT2D eigenvalue weighted by Crippen LogP contribution is -2.02. The second-order valence-corrected chi connectivity index (χ2v) is 5.25. The van der Waals surface area contributed by atoms with Crippen molar-refractivity contribution < 1.29 is 9.53 Å². The molecule has 0 aliphatic carbocycles. The van der Waals surface area contributed by atoms with Crippen LogP contribution >= 0.6 is 0 Å². The van der Waals surface area contributed by atoms with Gasteiger partial charge in [0.1, 0.15) is 5.75 Å². The molecular formula is C19H18N2O2. The normalized spacial score (nSPS) is 10.4. The number of ketones is 1. The summed E-state index contributed by atoms with van der Waals surface area (Å²) in [6.45, 7) is 0.630. The number of hydrogen-bond donors (Lipinski definition) is 1. The van der Waals surface area contributed by atoms with Gasteiger partial charge in [-0.15, -0.1) is 0 Å². The molecule has 116 valence electrons. The molecule has 3 aromatic rings. The molecule has 4 nitrogen and oxygen atoms in total. The van der Waals surface area contributed by atoms with E-state index in [1.54, 1.807) is 18.5 Å². The van der Waals surface area contributed by atoms with Crippen molar-refractivity contribution in [1.82, 2.24) is 9.97 Å². The highest BCUT2D eigenvalue weighted by molar-refractivity contribution is 6.08. The predicted molar refractivity (Wildman–Crippen MR) is 88.7 cm³/mol. The van der Waals surface area contributed by atoms with Crippen molar-refractivity contribution in [3.8, 4) is 5.75 Å². The maximum Gasteiger partial charge on any atom is 0.193 e. The largest absolute Gasteiger partial charge is 0.494 e. The highest BCUT2D eigenvalue weighted by atomic mass is 16.5. The number of carbonyl (C=O) groups is 1. The molecule has 0 aliphatic rings. The highest BCUT2D eigenvalue weighted by Crippen LogP contribution is 2.16. The Morgan fingerprint density at radius 3 is 2.43 bits per heavy atom. The molecule has 0 bridgehead atoms. The van der Waals surface area contributed by atoms with Crippen LogP contribution in [0.5, 0.6) is 5.75 Å². The second-order valence-electron chi connectivity index (χ2n) is 5.25. The first-order chi connectivity index (χ1) is 11.3. The Kier molecular flexibility index (Phi) is 4.84. The molecule has 0 amide bonds. The van der Waals surface area contributed by atoms with E-state index in [1.165, 1.54) is 0 Å². The number of ether oxygens (including phenoxy) is 1. The van der Waals surface area contributed by atoms with Crippen LogP contribution in [0.15, 0.2) is 67.1 Å². The predicted octanol–water partition coefficient (Wildman–Crippen LogP) is 3.65.